The summed E-state index contributed by atoms with van der Waals surface area (Å²) in [5.41, 5.74) is -0.0645. The number of non-ortho nitro benzene ring substituents is 1. The van der Waals surface area contributed by atoms with Crippen molar-refractivity contribution in [3.8, 4) is 0 Å². The van der Waals surface area contributed by atoms with Crippen LogP contribution in [0.2, 0.25) is 10.0 Å². The number of nitro groups is 1. The van der Waals surface area contributed by atoms with E-state index in [1.807, 2.05) is 0 Å². The van der Waals surface area contributed by atoms with Crippen LogP contribution in [0.3, 0.4) is 0 Å². The molecule has 0 aliphatic heterocycles. The quantitative estimate of drug-likeness (QED) is 0.496. The molecule has 1 aromatic carbocycles. The first-order valence-corrected chi connectivity index (χ1v) is 4.15. The summed E-state index contributed by atoms with van der Waals surface area (Å²) in [6.45, 7) is 0. The van der Waals surface area contributed by atoms with Gasteiger partial charge in [-0.2, -0.15) is 0 Å². The predicted molar refractivity (Wildman–Crippen MR) is 52.8 cm³/mol. The first-order chi connectivity index (χ1) is 6.56. The van der Waals surface area contributed by atoms with Gasteiger partial charge in [-0.1, -0.05) is 23.2 Å². The molecule has 0 spiro atoms. The summed E-state index contributed by atoms with van der Waals surface area (Å²) in [6, 6.07) is 2.22. The molecule has 1 amide bonds. The van der Waals surface area contributed by atoms with E-state index in [9.17, 15) is 14.9 Å². The van der Waals surface area contributed by atoms with E-state index in [0.29, 0.717) is 6.41 Å². The highest BCUT2D eigenvalue weighted by molar-refractivity contribution is 6.39. The third-order valence-electron chi connectivity index (χ3n) is 1.44. The van der Waals surface area contributed by atoms with E-state index in [2.05, 4.69) is 5.32 Å². The monoisotopic (exact) mass is 234 g/mol. The fourth-order valence-corrected chi connectivity index (χ4v) is 1.45. The van der Waals surface area contributed by atoms with Crippen molar-refractivity contribution in [1.82, 2.24) is 0 Å². The number of carbonyl (C=O) groups is 1. The minimum atomic E-state index is -0.623. The molecular weight excluding hydrogens is 231 g/mol. The third kappa shape index (κ3) is 2.12. The number of nitrogens with one attached hydrogen (secondary N) is 1. The number of carbonyl (C=O) groups excluding carboxylic acids is 1. The molecule has 1 N–H and O–H groups in total. The van der Waals surface area contributed by atoms with Crippen LogP contribution in [-0.4, -0.2) is 11.3 Å². The molecule has 74 valence electrons. The minimum absolute atomic E-state index is 0.0244. The standard InChI is InChI=1S/C7H4Cl2N2O3/c8-5-1-4(11(13)14)2-6(9)7(5)10-3-12/h1-3H,(H,10,12). The average Bonchev–Trinajstić information content (AvgIpc) is 2.10. The smallest absolute Gasteiger partial charge is 0.272 e. The Hall–Kier alpha value is -1.33. The number of hydrogen-bond acceptors (Lipinski definition) is 3. The zero-order chi connectivity index (χ0) is 10.7. The molecule has 14 heavy (non-hydrogen) atoms. The van der Waals surface area contributed by atoms with Crippen LogP contribution in [0.15, 0.2) is 12.1 Å². The van der Waals surface area contributed by atoms with Gasteiger partial charge in [-0.05, 0) is 0 Å². The Kier molecular flexibility index (Phi) is 3.27. The van der Waals surface area contributed by atoms with Crippen molar-refractivity contribution in [2.24, 2.45) is 0 Å². The maximum Gasteiger partial charge on any atom is 0.272 e. The Morgan fingerprint density at radius 2 is 1.86 bits per heavy atom. The molecule has 1 rings (SSSR count). The lowest BCUT2D eigenvalue weighted by Crippen LogP contribution is -1.97. The molecule has 0 radical (unpaired) electrons. The van der Waals surface area contributed by atoms with Crippen molar-refractivity contribution in [1.29, 1.82) is 0 Å². The van der Waals surface area contributed by atoms with E-state index < -0.39 is 4.92 Å². The Morgan fingerprint density at radius 3 is 2.21 bits per heavy atom. The number of benzene rings is 1. The van der Waals surface area contributed by atoms with Crippen LogP contribution in [0.4, 0.5) is 11.4 Å². The molecule has 0 saturated heterocycles. The van der Waals surface area contributed by atoms with Gasteiger partial charge >= 0.3 is 0 Å². The zero-order valence-corrected chi connectivity index (χ0v) is 8.17. The van der Waals surface area contributed by atoms with E-state index in [0.717, 1.165) is 12.1 Å². The van der Waals surface area contributed by atoms with Crippen LogP contribution in [-0.2, 0) is 4.79 Å². The molecule has 0 saturated carbocycles. The molecule has 1 aromatic rings. The maximum atomic E-state index is 10.4. The maximum absolute atomic E-state index is 10.4. The normalized spacial score (nSPS) is 9.57. The summed E-state index contributed by atoms with van der Waals surface area (Å²) < 4.78 is 0. The van der Waals surface area contributed by atoms with Gasteiger partial charge in [0.1, 0.15) is 0 Å². The molecule has 0 heterocycles. The number of amides is 1. The number of rotatable bonds is 3. The summed E-state index contributed by atoms with van der Waals surface area (Å²) in [6.07, 6.45) is 0.388. The van der Waals surface area contributed by atoms with Gasteiger partial charge in [0.05, 0.1) is 20.7 Å². The van der Waals surface area contributed by atoms with Crippen molar-refractivity contribution < 1.29 is 9.72 Å². The Bertz CT molecular complexity index is 372. The van der Waals surface area contributed by atoms with Gasteiger partial charge in [0, 0.05) is 12.1 Å². The molecule has 0 unspecified atom stereocenters. The van der Waals surface area contributed by atoms with E-state index >= 15 is 0 Å². The number of nitrogens with zero attached hydrogens (tertiary/aromatic N) is 1. The van der Waals surface area contributed by atoms with Gasteiger partial charge in [0.2, 0.25) is 6.41 Å². The highest BCUT2D eigenvalue weighted by Crippen LogP contribution is 2.34. The van der Waals surface area contributed by atoms with Crippen molar-refractivity contribution >= 4 is 41.0 Å². The Morgan fingerprint density at radius 1 is 1.36 bits per heavy atom. The first-order valence-electron chi connectivity index (χ1n) is 3.40. The van der Waals surface area contributed by atoms with E-state index in [1.165, 1.54) is 0 Å². The van der Waals surface area contributed by atoms with Gasteiger partial charge in [0.25, 0.3) is 5.69 Å². The van der Waals surface area contributed by atoms with Crippen LogP contribution in [0, 0.1) is 10.1 Å². The lowest BCUT2D eigenvalue weighted by molar-refractivity contribution is -0.384. The van der Waals surface area contributed by atoms with Crippen LogP contribution < -0.4 is 5.32 Å². The van der Waals surface area contributed by atoms with E-state index in [4.69, 9.17) is 23.2 Å². The summed E-state index contributed by atoms with van der Waals surface area (Å²) >= 11 is 11.3. The fraction of sp³-hybridized carbons (Fsp3) is 0. The van der Waals surface area contributed by atoms with Crippen LogP contribution in [0.5, 0.6) is 0 Å². The minimum Gasteiger partial charge on any atom is -0.326 e. The van der Waals surface area contributed by atoms with Crippen molar-refractivity contribution in [2.45, 2.75) is 0 Å². The molecule has 0 atom stereocenters. The van der Waals surface area contributed by atoms with Gasteiger partial charge in [-0.3, -0.25) is 14.9 Å². The highest BCUT2D eigenvalue weighted by atomic mass is 35.5. The summed E-state index contributed by atoms with van der Waals surface area (Å²) in [7, 11) is 0. The summed E-state index contributed by atoms with van der Waals surface area (Å²) in [5.74, 6) is 0. The van der Waals surface area contributed by atoms with E-state index in [-0.39, 0.29) is 21.4 Å². The summed E-state index contributed by atoms with van der Waals surface area (Å²) in [4.78, 5) is 19.9. The lowest BCUT2D eigenvalue weighted by atomic mass is 10.3. The van der Waals surface area contributed by atoms with Crippen LogP contribution in [0.1, 0.15) is 0 Å². The Balaban J connectivity index is 3.24. The second-order valence-corrected chi connectivity index (χ2v) is 3.12. The van der Waals surface area contributed by atoms with Gasteiger partial charge in [-0.15, -0.1) is 0 Å². The molecule has 0 bridgehead atoms. The lowest BCUT2D eigenvalue weighted by Gasteiger charge is -2.04. The Labute approximate surface area is 88.8 Å². The number of anilines is 1. The van der Waals surface area contributed by atoms with Crippen LogP contribution >= 0.6 is 23.2 Å². The van der Waals surface area contributed by atoms with Crippen molar-refractivity contribution in [3.05, 3.63) is 32.3 Å². The zero-order valence-electron chi connectivity index (χ0n) is 6.66. The highest BCUT2D eigenvalue weighted by Gasteiger charge is 2.13. The average molecular weight is 235 g/mol. The van der Waals surface area contributed by atoms with Gasteiger partial charge < -0.3 is 5.32 Å². The second-order valence-electron chi connectivity index (χ2n) is 2.30. The number of halogens is 2. The summed E-state index contributed by atoms with van der Waals surface area (Å²) in [5, 5.41) is 12.7. The predicted octanol–water partition coefficient (Wildman–Crippen LogP) is 2.47. The largest absolute Gasteiger partial charge is 0.326 e. The third-order valence-corrected chi connectivity index (χ3v) is 2.04. The van der Waals surface area contributed by atoms with Crippen LogP contribution in [0.25, 0.3) is 0 Å². The molecule has 0 aromatic heterocycles. The second kappa shape index (κ2) is 4.26. The molecular formula is C7H4Cl2N2O3. The van der Waals surface area contributed by atoms with E-state index in [1.54, 1.807) is 0 Å². The van der Waals surface area contributed by atoms with Crippen molar-refractivity contribution in [3.63, 3.8) is 0 Å². The molecule has 0 aliphatic carbocycles. The van der Waals surface area contributed by atoms with Gasteiger partial charge in [-0.25, -0.2) is 0 Å². The molecule has 0 fully saturated rings. The topological polar surface area (TPSA) is 72.2 Å². The first kappa shape index (κ1) is 10.7. The van der Waals surface area contributed by atoms with Gasteiger partial charge in [0.15, 0.2) is 0 Å². The molecule has 5 nitrogen and oxygen atoms in total. The number of nitro benzene ring substituents is 1. The fourth-order valence-electron chi connectivity index (χ4n) is 0.862. The molecule has 0 aliphatic rings. The van der Waals surface area contributed by atoms with Crippen molar-refractivity contribution in [2.75, 3.05) is 5.32 Å². The SMILES string of the molecule is O=CNc1c(Cl)cc([N+](=O)[O-])cc1Cl. The molecule has 7 heteroatoms. The number of hydrogen-bond donors (Lipinski definition) is 1.